The number of carbonyl (C=O) groups excluding carboxylic acids is 2. The molecule has 1 unspecified atom stereocenters. The third-order valence-corrected chi connectivity index (χ3v) is 7.03. The van der Waals surface area contributed by atoms with Crippen molar-refractivity contribution in [3.05, 3.63) is 119 Å². The molecule has 0 spiro atoms. The monoisotopic (exact) mass is 566 g/mol. The number of hydrogen-bond donors (Lipinski definition) is 1. The molecule has 5 aromatic rings. The number of esters is 1. The maximum atomic E-state index is 13.8. The SMILES string of the molecule is COc1ccc(-c2cc(C(=O)OC(C(=O)Nc3ccc(C)c(Cl)c3)c3ccccc3)c3ccccc3n2)cc1OC. The summed E-state index contributed by atoms with van der Waals surface area (Å²) in [5.41, 5.74) is 4.02. The molecule has 0 aliphatic carbocycles. The van der Waals surface area contributed by atoms with Crippen LogP contribution in [0, 0.1) is 6.92 Å². The predicted molar refractivity (Wildman–Crippen MR) is 160 cm³/mol. The second-order valence-corrected chi connectivity index (χ2v) is 9.70. The number of anilines is 1. The minimum absolute atomic E-state index is 0.271. The van der Waals surface area contributed by atoms with Crippen molar-refractivity contribution < 1.29 is 23.8 Å². The zero-order chi connectivity index (χ0) is 28.9. The lowest BCUT2D eigenvalue weighted by Gasteiger charge is -2.19. The molecule has 1 atom stereocenters. The van der Waals surface area contributed by atoms with Gasteiger partial charge >= 0.3 is 5.97 Å². The van der Waals surface area contributed by atoms with E-state index in [0.717, 1.165) is 11.1 Å². The van der Waals surface area contributed by atoms with Crippen LogP contribution in [0.1, 0.15) is 27.6 Å². The summed E-state index contributed by atoms with van der Waals surface area (Å²) in [6.45, 7) is 1.87. The number of amides is 1. The fraction of sp³-hybridized carbons (Fsp3) is 0.121. The van der Waals surface area contributed by atoms with Crippen molar-refractivity contribution in [3.63, 3.8) is 0 Å². The molecule has 7 nitrogen and oxygen atoms in total. The minimum Gasteiger partial charge on any atom is -0.493 e. The topological polar surface area (TPSA) is 86.8 Å². The summed E-state index contributed by atoms with van der Waals surface area (Å²) in [5.74, 6) is -0.0800. The molecule has 0 fully saturated rings. The average molecular weight is 567 g/mol. The lowest BCUT2D eigenvalue weighted by Crippen LogP contribution is -2.26. The maximum Gasteiger partial charge on any atom is 0.340 e. The number of fused-ring (bicyclic) bond motifs is 1. The van der Waals surface area contributed by atoms with Gasteiger partial charge in [-0.1, -0.05) is 66.2 Å². The van der Waals surface area contributed by atoms with E-state index in [1.807, 2.05) is 37.3 Å². The molecular formula is C33H27ClN2O5. The Bertz CT molecular complexity index is 1740. The summed E-state index contributed by atoms with van der Waals surface area (Å²) in [7, 11) is 3.12. The Balaban J connectivity index is 1.53. The van der Waals surface area contributed by atoms with Crippen molar-refractivity contribution in [2.24, 2.45) is 0 Å². The summed E-state index contributed by atoms with van der Waals surface area (Å²) < 4.78 is 16.7. The Hall–Kier alpha value is -4.88. The van der Waals surface area contributed by atoms with Crippen LogP contribution in [0.15, 0.2) is 97.1 Å². The molecule has 1 heterocycles. The third-order valence-electron chi connectivity index (χ3n) is 6.62. The van der Waals surface area contributed by atoms with Crippen LogP contribution in [-0.4, -0.2) is 31.1 Å². The molecule has 0 aliphatic heterocycles. The summed E-state index contributed by atoms with van der Waals surface area (Å²) in [4.78, 5) is 32.1. The summed E-state index contributed by atoms with van der Waals surface area (Å²) >= 11 is 6.26. The van der Waals surface area contributed by atoms with Crippen LogP contribution in [0.25, 0.3) is 22.2 Å². The normalized spacial score (nSPS) is 11.5. The minimum atomic E-state index is -1.22. The van der Waals surface area contributed by atoms with E-state index in [2.05, 4.69) is 5.32 Å². The lowest BCUT2D eigenvalue weighted by atomic mass is 10.0. The molecule has 1 N–H and O–H groups in total. The van der Waals surface area contributed by atoms with Crippen LogP contribution in [0.4, 0.5) is 5.69 Å². The fourth-order valence-electron chi connectivity index (χ4n) is 4.44. The van der Waals surface area contributed by atoms with E-state index in [1.165, 1.54) is 0 Å². The van der Waals surface area contributed by atoms with Gasteiger partial charge in [0.2, 0.25) is 6.10 Å². The molecular weight excluding hydrogens is 540 g/mol. The van der Waals surface area contributed by atoms with Crippen LogP contribution in [0.5, 0.6) is 11.5 Å². The number of ether oxygens (including phenoxy) is 3. The molecule has 0 saturated carbocycles. The van der Waals surface area contributed by atoms with E-state index in [1.54, 1.807) is 80.9 Å². The maximum absolute atomic E-state index is 13.8. The van der Waals surface area contributed by atoms with Crippen LogP contribution in [-0.2, 0) is 9.53 Å². The Labute approximate surface area is 242 Å². The number of aryl methyl sites for hydroxylation is 1. The molecule has 8 heteroatoms. The smallest absolute Gasteiger partial charge is 0.340 e. The number of pyridine rings is 1. The molecule has 206 valence electrons. The number of halogens is 1. The van der Waals surface area contributed by atoms with Gasteiger partial charge in [0.25, 0.3) is 5.91 Å². The zero-order valence-electron chi connectivity index (χ0n) is 22.7. The molecule has 0 radical (unpaired) electrons. The number of aromatic nitrogens is 1. The zero-order valence-corrected chi connectivity index (χ0v) is 23.4. The molecule has 1 amide bonds. The van der Waals surface area contributed by atoms with Crippen LogP contribution < -0.4 is 14.8 Å². The van der Waals surface area contributed by atoms with Crippen LogP contribution in [0.3, 0.4) is 0 Å². The molecule has 41 heavy (non-hydrogen) atoms. The van der Waals surface area contributed by atoms with Crippen LogP contribution >= 0.6 is 11.6 Å². The Morgan fingerprint density at radius 2 is 1.56 bits per heavy atom. The number of rotatable bonds is 8. The van der Waals surface area contributed by atoms with Gasteiger partial charge in [0.1, 0.15) is 0 Å². The number of methoxy groups -OCH3 is 2. The Morgan fingerprint density at radius 3 is 2.29 bits per heavy atom. The first-order valence-corrected chi connectivity index (χ1v) is 13.2. The largest absolute Gasteiger partial charge is 0.493 e. The molecule has 4 aromatic carbocycles. The molecule has 0 saturated heterocycles. The van der Waals surface area contributed by atoms with E-state index in [9.17, 15) is 9.59 Å². The van der Waals surface area contributed by atoms with Crippen molar-refractivity contribution in [1.82, 2.24) is 4.98 Å². The fourth-order valence-corrected chi connectivity index (χ4v) is 4.62. The molecule has 1 aromatic heterocycles. The number of benzene rings is 4. The first kappa shape index (κ1) is 27.7. The second-order valence-electron chi connectivity index (χ2n) is 9.29. The number of nitrogens with zero attached hydrogens (tertiary/aromatic N) is 1. The highest BCUT2D eigenvalue weighted by atomic mass is 35.5. The highest BCUT2D eigenvalue weighted by Crippen LogP contribution is 2.34. The van der Waals surface area contributed by atoms with Gasteiger partial charge in [0.15, 0.2) is 11.5 Å². The summed E-state index contributed by atoms with van der Waals surface area (Å²) in [5, 5.41) is 3.94. The number of hydrogen-bond acceptors (Lipinski definition) is 6. The van der Waals surface area contributed by atoms with Crippen molar-refractivity contribution in [2.45, 2.75) is 13.0 Å². The summed E-state index contributed by atoms with van der Waals surface area (Å²) in [6, 6.07) is 28.4. The lowest BCUT2D eigenvalue weighted by molar-refractivity contribution is -0.125. The van der Waals surface area contributed by atoms with Crippen LogP contribution in [0.2, 0.25) is 5.02 Å². The Morgan fingerprint density at radius 1 is 0.829 bits per heavy atom. The van der Waals surface area contributed by atoms with E-state index < -0.39 is 18.0 Å². The standard InChI is InChI=1S/C33H27ClN2O5/c1-20-13-15-23(18-26(20)34)35-32(37)31(21-9-5-4-6-10-21)41-33(38)25-19-28(36-27-12-8-7-11-24(25)27)22-14-16-29(39-2)30(17-22)40-3/h4-19,31H,1-3H3,(H,35,37). The predicted octanol–water partition coefficient (Wildman–Crippen LogP) is 7.42. The first-order chi connectivity index (χ1) is 19.9. The van der Waals surface area contributed by atoms with Gasteiger partial charge in [-0.05, 0) is 55.0 Å². The Kier molecular flexibility index (Phi) is 8.17. The molecule has 0 aliphatic rings. The second kappa shape index (κ2) is 12.1. The van der Waals surface area contributed by atoms with Gasteiger partial charge in [-0.2, -0.15) is 0 Å². The van der Waals surface area contributed by atoms with Gasteiger partial charge in [-0.25, -0.2) is 9.78 Å². The summed E-state index contributed by atoms with van der Waals surface area (Å²) in [6.07, 6.45) is -1.22. The van der Waals surface area contributed by atoms with Gasteiger partial charge < -0.3 is 19.5 Å². The first-order valence-electron chi connectivity index (χ1n) is 12.8. The van der Waals surface area contributed by atoms with Gasteiger partial charge in [0, 0.05) is 27.2 Å². The van der Waals surface area contributed by atoms with Crippen molar-refractivity contribution in [2.75, 3.05) is 19.5 Å². The number of nitrogens with one attached hydrogen (secondary N) is 1. The number of carbonyl (C=O) groups is 2. The average Bonchev–Trinajstić information content (AvgIpc) is 3.01. The van der Waals surface area contributed by atoms with E-state index >= 15 is 0 Å². The highest BCUT2D eigenvalue weighted by Gasteiger charge is 2.27. The van der Waals surface area contributed by atoms with E-state index in [-0.39, 0.29) is 5.56 Å². The molecule has 0 bridgehead atoms. The van der Waals surface area contributed by atoms with Gasteiger partial charge in [-0.3, -0.25) is 4.79 Å². The van der Waals surface area contributed by atoms with Gasteiger partial charge in [-0.15, -0.1) is 0 Å². The van der Waals surface area contributed by atoms with Crippen molar-refractivity contribution in [3.8, 4) is 22.8 Å². The third kappa shape index (κ3) is 6.00. The van der Waals surface area contributed by atoms with Gasteiger partial charge in [0.05, 0.1) is 31.0 Å². The quantitative estimate of drug-likeness (QED) is 0.197. The van der Waals surface area contributed by atoms with Crippen molar-refractivity contribution in [1.29, 1.82) is 0 Å². The van der Waals surface area contributed by atoms with Crippen molar-refractivity contribution >= 4 is 40.1 Å². The number of para-hydroxylation sites is 1. The van der Waals surface area contributed by atoms with E-state index in [4.69, 9.17) is 30.8 Å². The highest BCUT2D eigenvalue weighted by molar-refractivity contribution is 6.31. The molecule has 5 rings (SSSR count). The van der Waals surface area contributed by atoms with E-state index in [0.29, 0.717) is 44.4 Å².